The Bertz CT molecular complexity index is 1010. The summed E-state index contributed by atoms with van der Waals surface area (Å²) in [4.78, 5) is 24.0. The molecule has 2 aromatic carbocycles. The van der Waals surface area contributed by atoms with Crippen molar-refractivity contribution in [3.63, 3.8) is 0 Å². The Balaban J connectivity index is 2.50. The number of carbonyl (C=O) groups excluding carboxylic acids is 2. The molecule has 1 aliphatic carbocycles. The van der Waals surface area contributed by atoms with Gasteiger partial charge in [-0.25, -0.2) is 0 Å². The van der Waals surface area contributed by atoms with Crippen LogP contribution in [0.5, 0.6) is 5.75 Å². The predicted molar refractivity (Wildman–Crippen MR) is 80.1 cm³/mol. The van der Waals surface area contributed by atoms with Gasteiger partial charge in [-0.2, -0.15) is 8.42 Å². The number of nitrogen functional groups attached to an aromatic ring is 2. The molecule has 0 aliphatic heterocycles. The summed E-state index contributed by atoms with van der Waals surface area (Å²) >= 11 is 0. The van der Waals surface area contributed by atoms with Crippen molar-refractivity contribution in [1.29, 1.82) is 0 Å². The molecule has 118 valence electrons. The van der Waals surface area contributed by atoms with E-state index in [0.717, 1.165) is 0 Å². The Hall–Kier alpha value is -2.91. The van der Waals surface area contributed by atoms with Crippen LogP contribution in [-0.2, 0) is 10.1 Å². The van der Waals surface area contributed by atoms with Gasteiger partial charge in [0, 0.05) is 11.1 Å². The maximum absolute atomic E-state index is 12.6. The fourth-order valence-corrected chi connectivity index (χ4v) is 3.37. The van der Waals surface area contributed by atoms with E-state index in [-0.39, 0.29) is 16.7 Å². The molecule has 1 aliphatic rings. The van der Waals surface area contributed by atoms with Crippen LogP contribution in [0.3, 0.4) is 0 Å². The fraction of sp³-hybridized carbons (Fsp3) is 0. The fourth-order valence-electron chi connectivity index (χ4n) is 2.63. The van der Waals surface area contributed by atoms with Gasteiger partial charge in [0.05, 0.1) is 22.5 Å². The highest BCUT2D eigenvalue weighted by Crippen LogP contribution is 2.44. The van der Waals surface area contributed by atoms with Crippen LogP contribution in [0.1, 0.15) is 31.8 Å². The van der Waals surface area contributed by atoms with Crippen molar-refractivity contribution in [3.8, 4) is 5.75 Å². The summed E-state index contributed by atoms with van der Waals surface area (Å²) in [5.41, 5.74) is 9.19. The molecule has 3 rings (SSSR count). The Morgan fingerprint density at radius 3 is 1.74 bits per heavy atom. The molecule has 0 fully saturated rings. The molecule has 0 saturated heterocycles. The zero-order valence-electron chi connectivity index (χ0n) is 11.4. The van der Waals surface area contributed by atoms with Crippen LogP contribution in [-0.4, -0.2) is 29.6 Å². The van der Waals surface area contributed by atoms with Crippen molar-refractivity contribution in [2.45, 2.75) is 4.90 Å². The van der Waals surface area contributed by atoms with Crippen molar-refractivity contribution < 1.29 is 27.7 Å². The Labute approximate surface area is 130 Å². The quantitative estimate of drug-likeness (QED) is 0.285. The van der Waals surface area contributed by atoms with Gasteiger partial charge in [-0.1, -0.05) is 24.3 Å². The minimum Gasteiger partial charge on any atom is -0.504 e. The normalized spacial score (nSPS) is 13.6. The minimum absolute atomic E-state index is 0.0306. The monoisotopic (exact) mass is 334 g/mol. The summed E-state index contributed by atoms with van der Waals surface area (Å²) in [7, 11) is -4.96. The van der Waals surface area contributed by atoms with Crippen LogP contribution < -0.4 is 11.5 Å². The average molecular weight is 334 g/mol. The molecule has 0 radical (unpaired) electrons. The molecule has 0 bridgehead atoms. The first-order valence-electron chi connectivity index (χ1n) is 6.26. The number of aromatic hydroxyl groups is 1. The van der Waals surface area contributed by atoms with Crippen LogP contribution in [0.4, 0.5) is 11.4 Å². The second-order valence-electron chi connectivity index (χ2n) is 4.93. The molecule has 0 saturated carbocycles. The van der Waals surface area contributed by atoms with Crippen LogP contribution >= 0.6 is 0 Å². The van der Waals surface area contributed by atoms with E-state index in [9.17, 15) is 27.7 Å². The van der Waals surface area contributed by atoms with E-state index in [1.165, 1.54) is 18.2 Å². The molecule has 23 heavy (non-hydrogen) atoms. The second-order valence-corrected chi connectivity index (χ2v) is 6.29. The lowest BCUT2D eigenvalue weighted by molar-refractivity contribution is 0.0980. The SMILES string of the molecule is Nc1c(O)c(S(=O)(=O)O)c(N)c2c1C(=O)c1ccccc1C2=O. The van der Waals surface area contributed by atoms with E-state index >= 15 is 0 Å². The van der Waals surface area contributed by atoms with Crippen molar-refractivity contribution in [3.05, 3.63) is 46.5 Å². The van der Waals surface area contributed by atoms with E-state index in [0.29, 0.717) is 0 Å². The Morgan fingerprint density at radius 1 is 0.870 bits per heavy atom. The molecule has 0 amide bonds. The van der Waals surface area contributed by atoms with E-state index in [1.54, 1.807) is 6.07 Å². The number of phenolic OH excluding ortho intramolecular Hbond substituents is 1. The van der Waals surface area contributed by atoms with Gasteiger partial charge in [0.2, 0.25) is 0 Å². The first-order chi connectivity index (χ1) is 10.7. The van der Waals surface area contributed by atoms with Crippen LogP contribution in [0.25, 0.3) is 0 Å². The molecule has 0 spiro atoms. The second kappa shape index (κ2) is 4.54. The molecule has 0 unspecified atom stereocenters. The number of hydrogen-bond acceptors (Lipinski definition) is 7. The standard InChI is InChI=1S/C14H10N2O6S/c15-9-7-8(10(16)14(13(9)19)23(20,21)22)12(18)6-4-2-1-3-5(6)11(7)17/h1-4,19H,15-16H2,(H,20,21,22). The summed E-state index contributed by atoms with van der Waals surface area (Å²) in [6.45, 7) is 0. The molecule has 0 heterocycles. The summed E-state index contributed by atoms with van der Waals surface area (Å²) < 4.78 is 32.0. The number of anilines is 2. The van der Waals surface area contributed by atoms with E-state index in [2.05, 4.69) is 0 Å². The number of phenols is 1. The zero-order chi connectivity index (χ0) is 17.1. The lowest BCUT2D eigenvalue weighted by atomic mass is 9.82. The Kier molecular flexibility index (Phi) is 2.96. The summed E-state index contributed by atoms with van der Waals surface area (Å²) in [5.74, 6) is -2.45. The number of rotatable bonds is 1. The minimum atomic E-state index is -4.96. The summed E-state index contributed by atoms with van der Waals surface area (Å²) in [6, 6.07) is 5.86. The molecular weight excluding hydrogens is 324 g/mol. The number of carbonyl (C=O) groups is 2. The summed E-state index contributed by atoms with van der Waals surface area (Å²) in [6.07, 6.45) is 0. The highest BCUT2D eigenvalue weighted by atomic mass is 32.2. The molecule has 0 atom stereocenters. The first kappa shape index (κ1) is 15.0. The zero-order valence-corrected chi connectivity index (χ0v) is 12.2. The van der Waals surface area contributed by atoms with E-state index in [4.69, 9.17) is 11.5 Å². The van der Waals surface area contributed by atoms with Gasteiger partial charge in [0.1, 0.15) is 0 Å². The highest BCUT2D eigenvalue weighted by Gasteiger charge is 2.38. The summed E-state index contributed by atoms with van der Waals surface area (Å²) in [5, 5.41) is 9.91. The molecule has 0 aromatic heterocycles. The van der Waals surface area contributed by atoms with Crippen molar-refractivity contribution in [2.24, 2.45) is 0 Å². The largest absolute Gasteiger partial charge is 0.504 e. The lowest BCUT2D eigenvalue weighted by Crippen LogP contribution is -2.25. The Morgan fingerprint density at radius 2 is 1.30 bits per heavy atom. The topological polar surface area (TPSA) is 161 Å². The van der Waals surface area contributed by atoms with E-state index in [1.807, 2.05) is 0 Å². The van der Waals surface area contributed by atoms with Gasteiger partial charge in [-0.05, 0) is 0 Å². The molecule has 6 N–H and O–H groups in total. The number of ketones is 2. The van der Waals surface area contributed by atoms with E-state index < -0.39 is 49.3 Å². The average Bonchev–Trinajstić information content (AvgIpc) is 2.47. The highest BCUT2D eigenvalue weighted by molar-refractivity contribution is 7.86. The third-order valence-corrected chi connectivity index (χ3v) is 4.56. The molecule has 2 aromatic rings. The first-order valence-corrected chi connectivity index (χ1v) is 7.70. The van der Waals surface area contributed by atoms with Crippen LogP contribution in [0.2, 0.25) is 0 Å². The van der Waals surface area contributed by atoms with Crippen LogP contribution in [0, 0.1) is 0 Å². The molecule has 8 nitrogen and oxygen atoms in total. The van der Waals surface area contributed by atoms with Gasteiger partial charge in [-0.3, -0.25) is 14.1 Å². The lowest BCUT2D eigenvalue weighted by Gasteiger charge is -2.22. The molecular formula is C14H10N2O6S. The number of nitrogens with two attached hydrogens (primary N) is 2. The predicted octanol–water partition coefficient (Wildman–Crippen LogP) is 0.579. The van der Waals surface area contributed by atoms with Gasteiger partial charge >= 0.3 is 0 Å². The molecule has 9 heteroatoms. The maximum Gasteiger partial charge on any atom is 0.300 e. The van der Waals surface area contributed by atoms with Crippen LogP contribution in [0.15, 0.2) is 29.2 Å². The maximum atomic E-state index is 12.6. The van der Waals surface area contributed by atoms with Gasteiger partial charge < -0.3 is 16.6 Å². The van der Waals surface area contributed by atoms with Gasteiger partial charge in [0.25, 0.3) is 10.1 Å². The van der Waals surface area contributed by atoms with Gasteiger partial charge in [0.15, 0.2) is 22.2 Å². The number of hydrogen-bond donors (Lipinski definition) is 4. The number of benzene rings is 2. The third-order valence-electron chi connectivity index (χ3n) is 3.63. The number of fused-ring (bicyclic) bond motifs is 2. The van der Waals surface area contributed by atoms with Crippen molar-refractivity contribution >= 4 is 33.1 Å². The van der Waals surface area contributed by atoms with Crippen molar-refractivity contribution in [2.75, 3.05) is 11.5 Å². The van der Waals surface area contributed by atoms with Crippen molar-refractivity contribution in [1.82, 2.24) is 0 Å². The van der Waals surface area contributed by atoms with Gasteiger partial charge in [-0.15, -0.1) is 0 Å². The third kappa shape index (κ3) is 1.91. The smallest absolute Gasteiger partial charge is 0.300 e.